The van der Waals surface area contributed by atoms with E-state index in [1.165, 1.54) is 6.34 Å². The van der Waals surface area contributed by atoms with Gasteiger partial charge in [0.25, 0.3) is 0 Å². The van der Waals surface area contributed by atoms with E-state index < -0.39 is 0 Å². The Bertz CT molecular complexity index is 779. The fraction of sp³-hybridized carbons (Fsp3) is 0.312. The van der Waals surface area contributed by atoms with Gasteiger partial charge in [0, 0.05) is 16.7 Å². The molecule has 23 heavy (non-hydrogen) atoms. The molecule has 1 aliphatic rings. The number of halogens is 1. The molecule has 6 nitrogen and oxygen atoms in total. The van der Waals surface area contributed by atoms with Crippen molar-refractivity contribution in [2.45, 2.75) is 26.4 Å². The van der Waals surface area contributed by atoms with Crippen LogP contribution >= 0.6 is 15.9 Å². The van der Waals surface area contributed by atoms with Crippen LogP contribution in [0.3, 0.4) is 0 Å². The van der Waals surface area contributed by atoms with Crippen molar-refractivity contribution < 1.29 is 4.74 Å². The SMILES string of the molecule is CC(C)N=C(N=CN)c1cn2c(n1)-c1ccc(Br)cc1OCC2. The number of aromatic nitrogens is 2. The molecule has 0 fully saturated rings. The number of imidazole rings is 1. The third-order valence-corrected chi connectivity index (χ3v) is 3.85. The summed E-state index contributed by atoms with van der Waals surface area (Å²) in [5, 5.41) is 0. The van der Waals surface area contributed by atoms with Crippen LogP contribution in [0.1, 0.15) is 19.5 Å². The van der Waals surface area contributed by atoms with Crippen molar-refractivity contribution in [2.75, 3.05) is 6.61 Å². The first kappa shape index (κ1) is 15.7. The maximum Gasteiger partial charge on any atom is 0.176 e. The van der Waals surface area contributed by atoms with E-state index in [0.717, 1.165) is 28.2 Å². The Morgan fingerprint density at radius 3 is 3.04 bits per heavy atom. The second kappa shape index (κ2) is 6.54. The molecule has 120 valence electrons. The number of nitrogens with two attached hydrogens (primary N) is 1. The van der Waals surface area contributed by atoms with Gasteiger partial charge in [-0.1, -0.05) is 15.9 Å². The number of aliphatic imine (C=N–C) groups is 2. The number of fused-ring (bicyclic) bond motifs is 3. The molecule has 0 amide bonds. The molecule has 1 aromatic carbocycles. The fourth-order valence-corrected chi connectivity index (χ4v) is 2.78. The molecule has 3 rings (SSSR count). The zero-order valence-corrected chi connectivity index (χ0v) is 14.6. The van der Waals surface area contributed by atoms with Crippen LogP contribution in [0.5, 0.6) is 5.75 Å². The summed E-state index contributed by atoms with van der Waals surface area (Å²) < 4.78 is 8.86. The van der Waals surface area contributed by atoms with Crippen LogP contribution in [0.2, 0.25) is 0 Å². The fourth-order valence-electron chi connectivity index (χ4n) is 2.44. The molecule has 0 atom stereocenters. The van der Waals surface area contributed by atoms with Gasteiger partial charge in [0.2, 0.25) is 0 Å². The first-order valence-electron chi connectivity index (χ1n) is 7.41. The van der Waals surface area contributed by atoms with Crippen LogP contribution < -0.4 is 10.5 Å². The van der Waals surface area contributed by atoms with Crippen LogP contribution in [-0.4, -0.2) is 34.4 Å². The van der Waals surface area contributed by atoms with E-state index in [1.807, 2.05) is 38.2 Å². The van der Waals surface area contributed by atoms with Gasteiger partial charge in [-0.3, -0.25) is 4.99 Å². The smallest absolute Gasteiger partial charge is 0.176 e. The van der Waals surface area contributed by atoms with Gasteiger partial charge in [-0.25, -0.2) is 9.98 Å². The first-order chi connectivity index (χ1) is 11.1. The lowest BCUT2D eigenvalue weighted by atomic mass is 10.2. The molecule has 1 aliphatic heterocycles. The molecular weight excluding hydrogens is 358 g/mol. The summed E-state index contributed by atoms with van der Waals surface area (Å²) in [5.74, 6) is 2.21. The lowest BCUT2D eigenvalue weighted by Crippen LogP contribution is -2.07. The minimum atomic E-state index is 0.113. The Morgan fingerprint density at radius 2 is 2.30 bits per heavy atom. The highest BCUT2D eigenvalue weighted by atomic mass is 79.9. The molecular formula is C16H18BrN5O. The summed E-state index contributed by atoms with van der Waals surface area (Å²) in [5.41, 5.74) is 7.12. The second-order valence-corrected chi connectivity index (χ2v) is 6.37. The Hall–Kier alpha value is -2.15. The van der Waals surface area contributed by atoms with Gasteiger partial charge in [0.05, 0.1) is 18.4 Å². The Balaban J connectivity index is 2.11. The van der Waals surface area contributed by atoms with Crippen molar-refractivity contribution in [1.29, 1.82) is 0 Å². The topological polar surface area (TPSA) is 77.8 Å². The van der Waals surface area contributed by atoms with Crippen molar-refractivity contribution in [2.24, 2.45) is 15.7 Å². The number of ether oxygens (including phenoxy) is 1. The number of rotatable bonds is 2. The van der Waals surface area contributed by atoms with Crippen molar-refractivity contribution in [3.05, 3.63) is 34.6 Å². The molecule has 2 heterocycles. The number of benzene rings is 1. The number of hydrogen-bond acceptors (Lipinski definition) is 3. The summed E-state index contributed by atoms with van der Waals surface area (Å²) in [7, 11) is 0. The summed E-state index contributed by atoms with van der Waals surface area (Å²) >= 11 is 3.47. The quantitative estimate of drug-likeness (QED) is 0.647. The average molecular weight is 376 g/mol. The summed E-state index contributed by atoms with van der Waals surface area (Å²) in [6, 6.07) is 6.05. The standard InChI is InChI=1S/C16H18BrN5O/c1-10(2)20-15(19-9-18)13-8-22-5-6-23-14-7-11(17)3-4-12(14)16(22)21-13/h3-4,7-10H,5-6H2,1-2H3,(H2,18,19,20). The van der Waals surface area contributed by atoms with Gasteiger partial charge in [-0.05, 0) is 32.0 Å². The normalized spacial score (nSPS) is 14.5. The molecule has 7 heteroatoms. The van der Waals surface area contributed by atoms with E-state index >= 15 is 0 Å². The maximum atomic E-state index is 5.81. The molecule has 2 N–H and O–H groups in total. The Kier molecular flexibility index (Phi) is 4.47. The van der Waals surface area contributed by atoms with Gasteiger partial charge < -0.3 is 15.0 Å². The number of hydrogen-bond donors (Lipinski definition) is 1. The predicted octanol–water partition coefficient (Wildman–Crippen LogP) is 2.85. The molecule has 0 radical (unpaired) electrons. The van der Waals surface area contributed by atoms with Crippen molar-refractivity contribution in [3.63, 3.8) is 0 Å². The summed E-state index contributed by atoms with van der Waals surface area (Å²) in [4.78, 5) is 13.4. The maximum absolute atomic E-state index is 5.81. The van der Waals surface area contributed by atoms with Gasteiger partial charge >= 0.3 is 0 Å². The third-order valence-electron chi connectivity index (χ3n) is 3.36. The zero-order valence-electron chi connectivity index (χ0n) is 13.0. The molecule has 2 aromatic rings. The lowest BCUT2D eigenvalue weighted by molar-refractivity contribution is 0.306. The average Bonchev–Trinajstić information content (AvgIpc) is 2.83. The number of nitrogens with zero attached hydrogens (tertiary/aromatic N) is 4. The van der Waals surface area contributed by atoms with Crippen LogP contribution in [0.25, 0.3) is 11.4 Å². The summed E-state index contributed by atoms with van der Waals surface area (Å²) in [6.45, 7) is 5.29. The van der Waals surface area contributed by atoms with Gasteiger partial charge in [0.15, 0.2) is 5.84 Å². The molecule has 1 aromatic heterocycles. The summed E-state index contributed by atoms with van der Waals surface area (Å²) in [6.07, 6.45) is 3.20. The minimum Gasteiger partial charge on any atom is -0.491 e. The van der Waals surface area contributed by atoms with Crippen LogP contribution in [0, 0.1) is 0 Å². The van der Waals surface area contributed by atoms with E-state index in [2.05, 4.69) is 30.5 Å². The molecule has 0 bridgehead atoms. The van der Waals surface area contributed by atoms with Gasteiger partial charge in [0.1, 0.15) is 23.9 Å². The van der Waals surface area contributed by atoms with E-state index in [1.54, 1.807) is 0 Å². The highest BCUT2D eigenvalue weighted by molar-refractivity contribution is 9.10. The molecule has 0 saturated carbocycles. The second-order valence-electron chi connectivity index (χ2n) is 5.46. The van der Waals surface area contributed by atoms with E-state index in [9.17, 15) is 0 Å². The molecule has 0 unspecified atom stereocenters. The van der Waals surface area contributed by atoms with Crippen molar-refractivity contribution >= 4 is 28.1 Å². The number of amidine groups is 1. The third kappa shape index (κ3) is 3.29. The Morgan fingerprint density at radius 1 is 1.48 bits per heavy atom. The lowest BCUT2D eigenvalue weighted by Gasteiger charge is -2.06. The van der Waals surface area contributed by atoms with E-state index in [0.29, 0.717) is 18.1 Å². The molecule has 0 saturated heterocycles. The molecule has 0 aliphatic carbocycles. The molecule has 0 spiro atoms. The largest absolute Gasteiger partial charge is 0.491 e. The zero-order chi connectivity index (χ0) is 16.4. The van der Waals surface area contributed by atoms with Gasteiger partial charge in [-0.2, -0.15) is 0 Å². The van der Waals surface area contributed by atoms with Crippen LogP contribution in [0.4, 0.5) is 0 Å². The van der Waals surface area contributed by atoms with E-state index in [-0.39, 0.29) is 6.04 Å². The van der Waals surface area contributed by atoms with E-state index in [4.69, 9.17) is 15.5 Å². The van der Waals surface area contributed by atoms with Crippen LogP contribution in [0.15, 0.2) is 38.9 Å². The minimum absolute atomic E-state index is 0.113. The van der Waals surface area contributed by atoms with Crippen molar-refractivity contribution in [3.8, 4) is 17.1 Å². The van der Waals surface area contributed by atoms with Crippen LogP contribution in [-0.2, 0) is 6.54 Å². The monoisotopic (exact) mass is 375 g/mol. The first-order valence-corrected chi connectivity index (χ1v) is 8.20. The Labute approximate surface area is 143 Å². The van der Waals surface area contributed by atoms with Crippen molar-refractivity contribution in [1.82, 2.24) is 9.55 Å². The highest BCUT2D eigenvalue weighted by Gasteiger charge is 2.20. The highest BCUT2D eigenvalue weighted by Crippen LogP contribution is 2.34. The predicted molar refractivity (Wildman–Crippen MR) is 95.2 cm³/mol. The van der Waals surface area contributed by atoms with Gasteiger partial charge in [-0.15, -0.1) is 0 Å².